The third-order valence-electron chi connectivity index (χ3n) is 4.37. The molecule has 0 bridgehead atoms. The Kier molecular flexibility index (Phi) is 16.0. The van der Waals surface area contributed by atoms with Gasteiger partial charge in [0.25, 0.3) is 0 Å². The van der Waals surface area contributed by atoms with Crippen molar-refractivity contribution in [2.75, 3.05) is 14.2 Å². The number of unbranched alkanes of at least 4 members (excludes halogenated alkanes) is 8. The zero-order valence-electron chi connectivity index (χ0n) is 15.7. The van der Waals surface area contributed by atoms with Crippen molar-refractivity contribution in [3.05, 3.63) is 0 Å². The van der Waals surface area contributed by atoms with Crippen molar-refractivity contribution in [1.29, 1.82) is 0 Å². The molecule has 0 spiro atoms. The van der Waals surface area contributed by atoms with E-state index in [0.29, 0.717) is 18.9 Å². The van der Waals surface area contributed by atoms with Crippen molar-refractivity contribution in [3.63, 3.8) is 0 Å². The Morgan fingerprint density at radius 2 is 1.00 bits per heavy atom. The third kappa shape index (κ3) is 15.8. The minimum absolute atomic E-state index is 0.109. The summed E-state index contributed by atoms with van der Waals surface area (Å²) in [5.74, 6) is -0.218. The number of methoxy groups -OCH3 is 2. The molecule has 5 heteroatoms. The topological polar surface area (TPSA) is 78.6 Å². The van der Waals surface area contributed by atoms with E-state index >= 15 is 0 Å². The fourth-order valence-electron chi connectivity index (χ4n) is 2.76. The highest BCUT2D eigenvalue weighted by Crippen LogP contribution is 2.13. The maximum absolute atomic E-state index is 11.0. The van der Waals surface area contributed by atoms with Crippen LogP contribution in [0.5, 0.6) is 0 Å². The van der Waals surface area contributed by atoms with Crippen LogP contribution in [0.2, 0.25) is 0 Å². The lowest BCUT2D eigenvalue weighted by Crippen LogP contribution is -2.19. The van der Waals surface area contributed by atoms with E-state index in [1.54, 1.807) is 0 Å². The summed E-state index contributed by atoms with van der Waals surface area (Å²) in [5, 5.41) is 0. The zero-order chi connectivity index (χ0) is 18.0. The minimum Gasteiger partial charge on any atom is -0.469 e. The van der Waals surface area contributed by atoms with Crippen LogP contribution in [-0.2, 0) is 19.1 Å². The van der Waals surface area contributed by atoms with Gasteiger partial charge in [-0.3, -0.25) is 9.59 Å². The SMILES string of the molecule is COC(=O)CCCCCCCC(N)CCCCCCCC(=O)OC. The normalized spacial score (nSPS) is 10.8. The quantitative estimate of drug-likeness (QED) is 0.337. The Labute approximate surface area is 147 Å². The lowest BCUT2D eigenvalue weighted by atomic mass is 10.0. The Hall–Kier alpha value is -1.10. The van der Waals surface area contributed by atoms with Crippen LogP contribution in [-0.4, -0.2) is 32.2 Å². The first-order chi connectivity index (χ1) is 11.6. The van der Waals surface area contributed by atoms with Gasteiger partial charge in [0, 0.05) is 18.9 Å². The van der Waals surface area contributed by atoms with Crippen molar-refractivity contribution in [2.24, 2.45) is 5.73 Å². The second-order valence-corrected chi connectivity index (χ2v) is 6.53. The van der Waals surface area contributed by atoms with Crippen LogP contribution in [0.15, 0.2) is 0 Å². The van der Waals surface area contributed by atoms with E-state index in [2.05, 4.69) is 9.47 Å². The van der Waals surface area contributed by atoms with Gasteiger partial charge in [-0.15, -0.1) is 0 Å². The van der Waals surface area contributed by atoms with Crippen LogP contribution in [0, 0.1) is 0 Å². The van der Waals surface area contributed by atoms with E-state index < -0.39 is 0 Å². The molecule has 0 saturated heterocycles. The number of carbonyl (C=O) groups excluding carboxylic acids is 2. The molecule has 0 fully saturated rings. The van der Waals surface area contributed by atoms with Crippen LogP contribution in [0.25, 0.3) is 0 Å². The first-order valence-electron chi connectivity index (χ1n) is 9.49. The molecule has 0 aromatic carbocycles. The van der Waals surface area contributed by atoms with Crippen LogP contribution < -0.4 is 5.73 Å². The molecule has 0 unspecified atom stereocenters. The van der Waals surface area contributed by atoms with E-state index in [9.17, 15) is 9.59 Å². The van der Waals surface area contributed by atoms with E-state index in [1.165, 1.54) is 52.7 Å². The number of hydrogen-bond donors (Lipinski definition) is 1. The molecule has 0 aromatic heterocycles. The number of ether oxygens (including phenoxy) is 2. The number of esters is 2. The smallest absolute Gasteiger partial charge is 0.305 e. The Morgan fingerprint density at radius 1 is 0.667 bits per heavy atom. The summed E-state index contributed by atoms with van der Waals surface area (Å²) >= 11 is 0. The molecule has 142 valence electrons. The highest BCUT2D eigenvalue weighted by Gasteiger charge is 2.04. The summed E-state index contributed by atoms with van der Waals surface area (Å²) in [7, 11) is 2.87. The van der Waals surface area contributed by atoms with Crippen molar-refractivity contribution in [1.82, 2.24) is 0 Å². The third-order valence-corrected chi connectivity index (χ3v) is 4.37. The number of hydrogen-bond acceptors (Lipinski definition) is 5. The molecule has 5 nitrogen and oxygen atoms in total. The van der Waals surface area contributed by atoms with Gasteiger partial charge >= 0.3 is 11.9 Å². The van der Waals surface area contributed by atoms with Crippen molar-refractivity contribution in [2.45, 2.75) is 95.9 Å². The maximum Gasteiger partial charge on any atom is 0.305 e. The van der Waals surface area contributed by atoms with Gasteiger partial charge in [0.15, 0.2) is 0 Å². The molecular formula is C19H37NO4. The molecule has 0 radical (unpaired) electrons. The predicted octanol–water partition coefficient (Wildman–Crippen LogP) is 4.12. The molecule has 0 rings (SSSR count). The molecule has 0 atom stereocenters. The van der Waals surface area contributed by atoms with Gasteiger partial charge in [0.1, 0.15) is 0 Å². The molecule has 0 aliphatic rings. The molecule has 24 heavy (non-hydrogen) atoms. The van der Waals surface area contributed by atoms with Crippen LogP contribution in [0.4, 0.5) is 0 Å². The first kappa shape index (κ1) is 22.9. The molecule has 0 saturated carbocycles. The summed E-state index contributed by atoms with van der Waals surface area (Å²) in [4.78, 5) is 21.9. The predicted molar refractivity (Wildman–Crippen MR) is 96.6 cm³/mol. The zero-order valence-corrected chi connectivity index (χ0v) is 15.7. The molecule has 0 aliphatic heterocycles. The Morgan fingerprint density at radius 3 is 1.38 bits per heavy atom. The van der Waals surface area contributed by atoms with Gasteiger partial charge in [-0.25, -0.2) is 0 Å². The highest BCUT2D eigenvalue weighted by atomic mass is 16.5. The summed E-state index contributed by atoms with van der Waals surface area (Å²) in [6.07, 6.45) is 14.4. The van der Waals surface area contributed by atoms with Crippen molar-refractivity contribution >= 4 is 11.9 Å². The summed E-state index contributed by atoms with van der Waals surface area (Å²) in [6.45, 7) is 0. The maximum atomic E-state index is 11.0. The Bertz CT molecular complexity index is 290. The van der Waals surface area contributed by atoms with Crippen molar-refractivity contribution < 1.29 is 19.1 Å². The first-order valence-corrected chi connectivity index (χ1v) is 9.49. The van der Waals surface area contributed by atoms with Gasteiger partial charge in [0.2, 0.25) is 0 Å². The van der Waals surface area contributed by atoms with Gasteiger partial charge < -0.3 is 15.2 Å². The lowest BCUT2D eigenvalue weighted by Gasteiger charge is -2.11. The average Bonchev–Trinajstić information content (AvgIpc) is 2.59. The van der Waals surface area contributed by atoms with Crippen molar-refractivity contribution in [3.8, 4) is 0 Å². The average molecular weight is 344 g/mol. The largest absolute Gasteiger partial charge is 0.469 e. The number of carbonyl (C=O) groups is 2. The lowest BCUT2D eigenvalue weighted by molar-refractivity contribution is -0.141. The second-order valence-electron chi connectivity index (χ2n) is 6.53. The summed E-state index contributed by atoms with van der Waals surface area (Å²) < 4.78 is 9.23. The van der Waals surface area contributed by atoms with Crippen LogP contribution >= 0.6 is 0 Å². The molecular weight excluding hydrogens is 306 g/mol. The van der Waals surface area contributed by atoms with E-state index in [-0.39, 0.29) is 11.9 Å². The Balaban J connectivity index is 3.25. The van der Waals surface area contributed by atoms with Crippen LogP contribution in [0.1, 0.15) is 89.9 Å². The van der Waals surface area contributed by atoms with Gasteiger partial charge in [-0.2, -0.15) is 0 Å². The number of nitrogens with two attached hydrogens (primary N) is 1. The van der Waals surface area contributed by atoms with Gasteiger partial charge in [-0.05, 0) is 25.7 Å². The van der Waals surface area contributed by atoms with E-state index in [0.717, 1.165) is 38.5 Å². The summed E-state index contributed by atoms with van der Waals surface area (Å²) in [6, 6.07) is 0.315. The van der Waals surface area contributed by atoms with E-state index in [4.69, 9.17) is 5.73 Å². The summed E-state index contributed by atoms with van der Waals surface area (Å²) in [5.41, 5.74) is 6.15. The number of rotatable bonds is 16. The second kappa shape index (κ2) is 16.7. The highest BCUT2D eigenvalue weighted by molar-refractivity contribution is 5.69. The monoisotopic (exact) mass is 343 g/mol. The fourth-order valence-corrected chi connectivity index (χ4v) is 2.76. The molecule has 2 N–H and O–H groups in total. The molecule has 0 heterocycles. The molecule has 0 aromatic rings. The fraction of sp³-hybridized carbons (Fsp3) is 0.895. The van der Waals surface area contributed by atoms with Gasteiger partial charge in [-0.1, -0.05) is 51.4 Å². The standard InChI is InChI=1S/C19H37NO4/c1-23-18(21)15-11-7-3-5-9-13-17(20)14-10-6-4-8-12-16-19(22)24-2/h17H,3-16,20H2,1-2H3. The van der Waals surface area contributed by atoms with Crippen LogP contribution in [0.3, 0.4) is 0 Å². The molecule has 0 amide bonds. The van der Waals surface area contributed by atoms with Gasteiger partial charge in [0.05, 0.1) is 14.2 Å². The minimum atomic E-state index is -0.109. The van der Waals surface area contributed by atoms with E-state index in [1.807, 2.05) is 0 Å². The molecule has 0 aliphatic carbocycles.